The van der Waals surface area contributed by atoms with Gasteiger partial charge in [-0.1, -0.05) is 47.5 Å². The SMILES string of the molecule is Cc1cc(C)cc(C(=O)N[C@@H](CCc2ccccc2)C(N)=O)c1. The molecule has 0 spiro atoms. The molecule has 0 saturated heterocycles. The summed E-state index contributed by atoms with van der Waals surface area (Å²) in [6, 6.07) is 14.7. The van der Waals surface area contributed by atoms with E-state index in [-0.39, 0.29) is 5.91 Å². The van der Waals surface area contributed by atoms with Gasteiger partial charge in [0, 0.05) is 5.56 Å². The van der Waals surface area contributed by atoms with Gasteiger partial charge in [-0.3, -0.25) is 9.59 Å². The molecule has 0 saturated carbocycles. The summed E-state index contributed by atoms with van der Waals surface area (Å²) in [7, 11) is 0. The fourth-order valence-corrected chi connectivity index (χ4v) is 2.59. The summed E-state index contributed by atoms with van der Waals surface area (Å²) in [5.41, 5.74) is 9.11. The highest BCUT2D eigenvalue weighted by atomic mass is 16.2. The quantitative estimate of drug-likeness (QED) is 0.860. The Morgan fingerprint density at radius 1 is 1.04 bits per heavy atom. The van der Waals surface area contributed by atoms with Gasteiger partial charge in [0.25, 0.3) is 5.91 Å². The van der Waals surface area contributed by atoms with Gasteiger partial charge in [-0.2, -0.15) is 0 Å². The second-order valence-electron chi connectivity index (χ2n) is 5.83. The Balaban J connectivity index is 2.04. The average Bonchev–Trinajstić information content (AvgIpc) is 2.51. The van der Waals surface area contributed by atoms with E-state index in [0.717, 1.165) is 16.7 Å². The molecule has 0 aliphatic carbocycles. The van der Waals surface area contributed by atoms with E-state index >= 15 is 0 Å². The number of amides is 2. The first-order valence-electron chi connectivity index (χ1n) is 7.68. The first-order chi connectivity index (χ1) is 11.0. The van der Waals surface area contributed by atoms with Gasteiger partial charge in [0.2, 0.25) is 5.91 Å². The molecular weight excluding hydrogens is 288 g/mol. The molecule has 0 unspecified atom stereocenters. The molecule has 0 bridgehead atoms. The van der Waals surface area contributed by atoms with Gasteiger partial charge in [0.05, 0.1) is 0 Å². The third-order valence-corrected chi connectivity index (χ3v) is 3.70. The van der Waals surface area contributed by atoms with E-state index < -0.39 is 11.9 Å². The van der Waals surface area contributed by atoms with Crippen molar-refractivity contribution in [1.82, 2.24) is 5.32 Å². The normalized spacial score (nSPS) is 11.7. The van der Waals surface area contributed by atoms with Crippen LogP contribution in [0.15, 0.2) is 48.5 Å². The van der Waals surface area contributed by atoms with E-state index in [1.807, 2.05) is 50.2 Å². The number of carbonyl (C=O) groups is 2. The Hall–Kier alpha value is -2.62. The Morgan fingerprint density at radius 3 is 2.22 bits per heavy atom. The molecule has 2 aromatic carbocycles. The summed E-state index contributed by atoms with van der Waals surface area (Å²) < 4.78 is 0. The Morgan fingerprint density at radius 2 is 1.65 bits per heavy atom. The highest BCUT2D eigenvalue weighted by Gasteiger charge is 2.19. The van der Waals surface area contributed by atoms with Crippen LogP contribution >= 0.6 is 0 Å². The molecule has 120 valence electrons. The molecule has 2 rings (SSSR count). The van der Waals surface area contributed by atoms with Gasteiger partial charge in [-0.05, 0) is 44.4 Å². The monoisotopic (exact) mass is 310 g/mol. The molecular formula is C19H22N2O2. The Kier molecular flexibility index (Phi) is 5.52. The van der Waals surface area contributed by atoms with E-state index in [2.05, 4.69) is 5.32 Å². The number of nitrogens with one attached hydrogen (secondary N) is 1. The summed E-state index contributed by atoms with van der Waals surface area (Å²) in [5.74, 6) is -0.785. The van der Waals surface area contributed by atoms with Gasteiger partial charge in [-0.15, -0.1) is 0 Å². The van der Waals surface area contributed by atoms with Crippen molar-refractivity contribution >= 4 is 11.8 Å². The lowest BCUT2D eigenvalue weighted by Crippen LogP contribution is -2.44. The minimum atomic E-state index is -0.677. The van der Waals surface area contributed by atoms with E-state index in [1.54, 1.807) is 12.1 Å². The molecule has 0 fully saturated rings. The van der Waals surface area contributed by atoms with Crippen LogP contribution in [0.1, 0.15) is 33.5 Å². The number of hydrogen-bond acceptors (Lipinski definition) is 2. The van der Waals surface area contributed by atoms with Crippen molar-refractivity contribution in [2.75, 3.05) is 0 Å². The Bertz CT molecular complexity index is 676. The molecule has 0 heterocycles. The summed E-state index contributed by atoms with van der Waals surface area (Å²) in [6.07, 6.45) is 1.16. The number of primary amides is 1. The van der Waals surface area contributed by atoms with Crippen LogP contribution < -0.4 is 11.1 Å². The standard InChI is InChI=1S/C19H22N2O2/c1-13-10-14(2)12-16(11-13)19(23)21-17(18(20)22)9-8-15-6-4-3-5-7-15/h3-7,10-12,17H,8-9H2,1-2H3,(H2,20,22)(H,21,23)/t17-/m0/s1. The zero-order valence-corrected chi connectivity index (χ0v) is 13.5. The molecule has 23 heavy (non-hydrogen) atoms. The lowest BCUT2D eigenvalue weighted by molar-refractivity contribution is -0.120. The van der Waals surface area contributed by atoms with Crippen molar-refractivity contribution < 1.29 is 9.59 Å². The summed E-state index contributed by atoms with van der Waals surface area (Å²) in [4.78, 5) is 24.0. The van der Waals surface area contributed by atoms with Crippen molar-refractivity contribution in [3.63, 3.8) is 0 Å². The maximum Gasteiger partial charge on any atom is 0.251 e. The number of rotatable bonds is 6. The number of benzene rings is 2. The van der Waals surface area contributed by atoms with Crippen LogP contribution in [0, 0.1) is 13.8 Å². The zero-order chi connectivity index (χ0) is 16.8. The molecule has 4 nitrogen and oxygen atoms in total. The molecule has 2 aromatic rings. The smallest absolute Gasteiger partial charge is 0.251 e. The average molecular weight is 310 g/mol. The molecule has 0 aliphatic heterocycles. The minimum Gasteiger partial charge on any atom is -0.368 e. The molecule has 0 aromatic heterocycles. The molecule has 3 N–H and O–H groups in total. The highest BCUT2D eigenvalue weighted by Crippen LogP contribution is 2.10. The maximum absolute atomic E-state index is 12.4. The molecule has 1 atom stereocenters. The lowest BCUT2D eigenvalue weighted by Gasteiger charge is -2.16. The maximum atomic E-state index is 12.4. The highest BCUT2D eigenvalue weighted by molar-refractivity contribution is 5.97. The largest absolute Gasteiger partial charge is 0.368 e. The van der Waals surface area contributed by atoms with Gasteiger partial charge < -0.3 is 11.1 Å². The van der Waals surface area contributed by atoms with Crippen LogP contribution in [0.3, 0.4) is 0 Å². The molecule has 2 amide bonds. The first kappa shape index (κ1) is 16.7. The first-order valence-corrected chi connectivity index (χ1v) is 7.68. The third-order valence-electron chi connectivity index (χ3n) is 3.70. The van der Waals surface area contributed by atoms with Crippen LogP contribution in [0.25, 0.3) is 0 Å². The van der Waals surface area contributed by atoms with Crippen LogP contribution in [-0.2, 0) is 11.2 Å². The van der Waals surface area contributed by atoms with Crippen LogP contribution in [0.4, 0.5) is 0 Å². The van der Waals surface area contributed by atoms with Crippen LogP contribution in [-0.4, -0.2) is 17.9 Å². The second kappa shape index (κ2) is 7.58. The zero-order valence-electron chi connectivity index (χ0n) is 13.5. The number of nitrogens with two attached hydrogens (primary N) is 1. The van der Waals surface area contributed by atoms with Crippen LogP contribution in [0.5, 0.6) is 0 Å². The van der Waals surface area contributed by atoms with Crippen LogP contribution in [0.2, 0.25) is 0 Å². The fourth-order valence-electron chi connectivity index (χ4n) is 2.59. The van der Waals surface area contributed by atoms with E-state index in [1.165, 1.54) is 0 Å². The van der Waals surface area contributed by atoms with Gasteiger partial charge in [0.15, 0.2) is 0 Å². The van der Waals surface area contributed by atoms with Crippen molar-refractivity contribution in [2.45, 2.75) is 32.7 Å². The Labute approximate surface area is 136 Å². The number of hydrogen-bond donors (Lipinski definition) is 2. The lowest BCUT2D eigenvalue weighted by atomic mass is 10.0. The topological polar surface area (TPSA) is 72.2 Å². The predicted octanol–water partition coefficient (Wildman–Crippen LogP) is 2.52. The van der Waals surface area contributed by atoms with Crippen molar-refractivity contribution in [3.05, 3.63) is 70.8 Å². The third kappa shape index (κ3) is 4.95. The summed E-state index contributed by atoms with van der Waals surface area (Å²) in [5, 5.41) is 2.74. The van der Waals surface area contributed by atoms with Gasteiger partial charge >= 0.3 is 0 Å². The summed E-state index contributed by atoms with van der Waals surface area (Å²) >= 11 is 0. The second-order valence-corrected chi connectivity index (χ2v) is 5.83. The van der Waals surface area contributed by atoms with Crippen molar-refractivity contribution in [1.29, 1.82) is 0 Å². The van der Waals surface area contributed by atoms with E-state index in [0.29, 0.717) is 18.4 Å². The number of carbonyl (C=O) groups excluding carboxylic acids is 2. The summed E-state index contributed by atoms with van der Waals surface area (Å²) in [6.45, 7) is 3.87. The number of aryl methyl sites for hydroxylation is 3. The van der Waals surface area contributed by atoms with Gasteiger partial charge in [0.1, 0.15) is 6.04 Å². The fraction of sp³-hybridized carbons (Fsp3) is 0.263. The molecule has 4 heteroatoms. The van der Waals surface area contributed by atoms with Crippen molar-refractivity contribution in [3.8, 4) is 0 Å². The molecule has 0 aliphatic rings. The van der Waals surface area contributed by atoms with Crippen molar-refractivity contribution in [2.24, 2.45) is 5.73 Å². The van der Waals surface area contributed by atoms with E-state index in [4.69, 9.17) is 5.73 Å². The predicted molar refractivity (Wildman–Crippen MR) is 91.1 cm³/mol. The van der Waals surface area contributed by atoms with Gasteiger partial charge in [-0.25, -0.2) is 0 Å². The minimum absolute atomic E-state index is 0.270. The van der Waals surface area contributed by atoms with E-state index in [9.17, 15) is 9.59 Å². The molecule has 0 radical (unpaired) electrons.